The number of carbonyl (C=O) groups is 1. The topological polar surface area (TPSA) is 30.7 Å². The smallest absolute Gasteiger partial charge is 0.308 e. The molecule has 0 saturated heterocycles. The van der Waals surface area contributed by atoms with Crippen molar-refractivity contribution in [3.8, 4) is 5.75 Å². The maximum atomic E-state index is 11.2. The van der Waals surface area contributed by atoms with Gasteiger partial charge in [-0.3, -0.25) is 4.79 Å². The fourth-order valence-corrected chi connectivity index (χ4v) is 2.26. The van der Waals surface area contributed by atoms with Crippen LogP contribution < -0.4 is 4.74 Å². The van der Waals surface area contributed by atoms with E-state index >= 15 is 0 Å². The first-order valence-corrected chi connectivity index (χ1v) is 6.76. The second-order valence-electron chi connectivity index (χ2n) is 4.73. The highest BCUT2D eigenvalue weighted by atomic mass is 16.5. The summed E-state index contributed by atoms with van der Waals surface area (Å²) in [6.07, 6.45) is 5.99. The Balaban J connectivity index is 2.02. The molecule has 0 N–H and O–H groups in total. The molecule has 2 aromatic heterocycles. The Hall–Kier alpha value is -2.81. The van der Waals surface area contributed by atoms with Crippen molar-refractivity contribution < 1.29 is 9.53 Å². The van der Waals surface area contributed by atoms with Gasteiger partial charge in [0.25, 0.3) is 0 Å². The molecule has 0 aliphatic rings. The number of fused-ring (bicyclic) bond motifs is 1. The number of ether oxygens (including phenoxy) is 1. The SMILES string of the molecule is CC(=O)Oc1cc(/C=C/c2ccccc2)n2ccccc12. The van der Waals surface area contributed by atoms with Crippen LogP contribution in [0, 0.1) is 0 Å². The molecule has 104 valence electrons. The third-order valence-corrected chi connectivity index (χ3v) is 3.17. The number of benzene rings is 1. The minimum atomic E-state index is -0.315. The molecule has 0 fully saturated rings. The van der Waals surface area contributed by atoms with Crippen LogP contribution in [0.1, 0.15) is 18.2 Å². The Labute approximate surface area is 123 Å². The maximum absolute atomic E-state index is 11.2. The average Bonchev–Trinajstić information content (AvgIpc) is 2.84. The largest absolute Gasteiger partial charge is 0.424 e. The fourth-order valence-electron chi connectivity index (χ4n) is 2.26. The number of esters is 1. The van der Waals surface area contributed by atoms with E-state index in [1.165, 1.54) is 6.92 Å². The molecule has 0 bridgehead atoms. The summed E-state index contributed by atoms with van der Waals surface area (Å²) in [6, 6.07) is 17.7. The number of hydrogen-bond acceptors (Lipinski definition) is 2. The van der Waals surface area contributed by atoms with E-state index in [0.717, 1.165) is 16.8 Å². The van der Waals surface area contributed by atoms with Crippen LogP contribution >= 0.6 is 0 Å². The van der Waals surface area contributed by atoms with E-state index in [1.54, 1.807) is 0 Å². The quantitative estimate of drug-likeness (QED) is 0.677. The van der Waals surface area contributed by atoms with Crippen molar-refractivity contribution >= 4 is 23.6 Å². The van der Waals surface area contributed by atoms with Crippen LogP contribution in [0.4, 0.5) is 0 Å². The number of rotatable bonds is 3. The fraction of sp³-hybridized carbons (Fsp3) is 0.0556. The van der Waals surface area contributed by atoms with E-state index in [2.05, 4.69) is 0 Å². The lowest BCUT2D eigenvalue weighted by molar-refractivity contribution is -0.131. The Kier molecular flexibility index (Phi) is 3.56. The van der Waals surface area contributed by atoms with Crippen LogP contribution in [-0.2, 0) is 4.79 Å². The summed E-state index contributed by atoms with van der Waals surface area (Å²) in [5.41, 5.74) is 2.96. The van der Waals surface area contributed by atoms with Gasteiger partial charge in [-0.15, -0.1) is 0 Å². The number of nitrogens with zero attached hydrogens (tertiary/aromatic N) is 1. The van der Waals surface area contributed by atoms with Gasteiger partial charge in [0.05, 0.1) is 5.52 Å². The summed E-state index contributed by atoms with van der Waals surface area (Å²) in [6.45, 7) is 1.41. The average molecular weight is 277 g/mol. The third-order valence-electron chi connectivity index (χ3n) is 3.17. The summed E-state index contributed by atoms with van der Waals surface area (Å²) in [7, 11) is 0. The van der Waals surface area contributed by atoms with Crippen LogP contribution in [0.25, 0.3) is 17.7 Å². The van der Waals surface area contributed by atoms with Crippen LogP contribution in [0.5, 0.6) is 5.75 Å². The normalized spacial score (nSPS) is 11.1. The first-order valence-electron chi connectivity index (χ1n) is 6.76. The minimum Gasteiger partial charge on any atom is -0.424 e. The lowest BCUT2D eigenvalue weighted by atomic mass is 10.2. The molecule has 0 atom stereocenters. The molecular weight excluding hydrogens is 262 g/mol. The second-order valence-corrected chi connectivity index (χ2v) is 4.73. The molecular formula is C18H15NO2. The summed E-state index contributed by atoms with van der Waals surface area (Å²) < 4.78 is 7.26. The Morgan fingerprint density at radius 2 is 1.81 bits per heavy atom. The molecule has 3 heteroatoms. The molecule has 1 aromatic carbocycles. The highest BCUT2D eigenvalue weighted by Gasteiger charge is 2.09. The van der Waals surface area contributed by atoms with E-state index in [0.29, 0.717) is 5.75 Å². The molecule has 0 aliphatic carbocycles. The molecule has 0 unspecified atom stereocenters. The zero-order valence-corrected chi connectivity index (χ0v) is 11.7. The third kappa shape index (κ3) is 2.87. The second kappa shape index (κ2) is 5.67. The van der Waals surface area contributed by atoms with Crippen molar-refractivity contribution in [2.75, 3.05) is 0 Å². The zero-order chi connectivity index (χ0) is 14.7. The van der Waals surface area contributed by atoms with E-state index in [-0.39, 0.29) is 5.97 Å². The Morgan fingerprint density at radius 3 is 2.57 bits per heavy atom. The van der Waals surface area contributed by atoms with Gasteiger partial charge in [0.2, 0.25) is 0 Å². The summed E-state index contributed by atoms with van der Waals surface area (Å²) in [5, 5.41) is 0. The number of hydrogen-bond donors (Lipinski definition) is 0. The van der Waals surface area contributed by atoms with Gasteiger partial charge in [0.1, 0.15) is 0 Å². The summed E-state index contributed by atoms with van der Waals surface area (Å²) in [4.78, 5) is 11.2. The summed E-state index contributed by atoms with van der Waals surface area (Å²) >= 11 is 0. The zero-order valence-electron chi connectivity index (χ0n) is 11.7. The first kappa shape index (κ1) is 13.2. The Bertz CT molecular complexity index is 800. The number of aromatic nitrogens is 1. The standard InChI is InChI=1S/C18H15NO2/c1-14(20)21-18-13-16(19-12-6-5-9-17(18)19)11-10-15-7-3-2-4-8-15/h2-13H,1H3/b11-10+. The molecule has 21 heavy (non-hydrogen) atoms. The minimum absolute atomic E-state index is 0.315. The molecule has 0 saturated carbocycles. The predicted octanol–water partition coefficient (Wildman–Crippen LogP) is 4.04. The van der Waals surface area contributed by atoms with E-state index in [1.807, 2.05) is 77.3 Å². The monoisotopic (exact) mass is 277 g/mol. The molecule has 2 heterocycles. The lowest BCUT2D eigenvalue weighted by Crippen LogP contribution is -2.00. The summed E-state index contributed by atoms with van der Waals surface area (Å²) in [5.74, 6) is 0.265. The number of pyridine rings is 1. The van der Waals surface area contributed by atoms with Crippen molar-refractivity contribution in [3.63, 3.8) is 0 Å². The van der Waals surface area contributed by atoms with Crippen molar-refractivity contribution in [3.05, 3.63) is 72.1 Å². The predicted molar refractivity (Wildman–Crippen MR) is 84.1 cm³/mol. The van der Waals surface area contributed by atoms with Gasteiger partial charge in [0, 0.05) is 24.9 Å². The van der Waals surface area contributed by atoms with Gasteiger partial charge >= 0.3 is 5.97 Å². The lowest BCUT2D eigenvalue weighted by Gasteiger charge is -1.99. The molecule has 3 nitrogen and oxygen atoms in total. The first-order chi connectivity index (χ1) is 10.2. The van der Waals surface area contributed by atoms with E-state index in [9.17, 15) is 4.79 Å². The van der Waals surface area contributed by atoms with Gasteiger partial charge in [0.15, 0.2) is 5.75 Å². The van der Waals surface area contributed by atoms with Gasteiger partial charge in [-0.25, -0.2) is 0 Å². The van der Waals surface area contributed by atoms with Crippen molar-refractivity contribution in [1.29, 1.82) is 0 Å². The molecule has 0 amide bonds. The molecule has 3 aromatic rings. The molecule has 3 rings (SSSR count). The van der Waals surface area contributed by atoms with Gasteiger partial charge in [-0.1, -0.05) is 42.5 Å². The van der Waals surface area contributed by atoms with E-state index < -0.39 is 0 Å². The van der Waals surface area contributed by atoms with E-state index in [4.69, 9.17) is 4.74 Å². The highest BCUT2D eigenvalue weighted by molar-refractivity contribution is 5.78. The maximum Gasteiger partial charge on any atom is 0.308 e. The van der Waals surface area contributed by atoms with Gasteiger partial charge < -0.3 is 9.14 Å². The Morgan fingerprint density at radius 1 is 1.05 bits per heavy atom. The highest BCUT2D eigenvalue weighted by Crippen LogP contribution is 2.26. The van der Waals surface area contributed by atoms with Gasteiger partial charge in [-0.05, 0) is 23.8 Å². The van der Waals surface area contributed by atoms with Crippen molar-refractivity contribution in [1.82, 2.24) is 4.40 Å². The van der Waals surface area contributed by atoms with Crippen LogP contribution in [-0.4, -0.2) is 10.4 Å². The number of carbonyl (C=O) groups excluding carboxylic acids is 1. The molecule has 0 spiro atoms. The molecule has 0 aliphatic heterocycles. The van der Waals surface area contributed by atoms with Crippen LogP contribution in [0.2, 0.25) is 0 Å². The molecule has 0 radical (unpaired) electrons. The van der Waals surface area contributed by atoms with Gasteiger partial charge in [-0.2, -0.15) is 0 Å². The van der Waals surface area contributed by atoms with Crippen molar-refractivity contribution in [2.45, 2.75) is 6.92 Å². The van der Waals surface area contributed by atoms with Crippen LogP contribution in [0.3, 0.4) is 0 Å². The van der Waals surface area contributed by atoms with Crippen molar-refractivity contribution in [2.24, 2.45) is 0 Å². The van der Waals surface area contributed by atoms with Crippen LogP contribution in [0.15, 0.2) is 60.8 Å².